The monoisotopic (exact) mass is 411 g/mol. The molecule has 1 aromatic heterocycles. The van der Waals surface area contributed by atoms with Crippen LogP contribution in [-0.2, 0) is 9.53 Å². The molecule has 2 aromatic rings. The van der Waals surface area contributed by atoms with Crippen LogP contribution in [0.2, 0.25) is 0 Å². The van der Waals surface area contributed by atoms with Crippen molar-refractivity contribution in [1.82, 2.24) is 4.90 Å². The fourth-order valence-electron chi connectivity index (χ4n) is 4.91. The maximum absolute atomic E-state index is 13.1. The van der Waals surface area contributed by atoms with Gasteiger partial charge in [0.25, 0.3) is 5.91 Å². The Balaban J connectivity index is 1.46. The molecule has 30 heavy (non-hydrogen) atoms. The van der Waals surface area contributed by atoms with E-state index in [0.29, 0.717) is 11.0 Å². The summed E-state index contributed by atoms with van der Waals surface area (Å²) in [5.41, 5.74) is -0.512. The molecule has 0 bridgehead atoms. The van der Waals surface area contributed by atoms with Gasteiger partial charge in [0.05, 0.1) is 0 Å². The summed E-state index contributed by atoms with van der Waals surface area (Å²) in [4.78, 5) is 39.9. The third kappa shape index (κ3) is 4.58. The highest BCUT2D eigenvalue weighted by molar-refractivity contribution is 5.94. The highest BCUT2D eigenvalue weighted by Gasteiger charge is 2.33. The lowest BCUT2D eigenvalue weighted by molar-refractivity contribution is -0.141. The molecule has 0 aliphatic heterocycles. The van der Waals surface area contributed by atoms with Gasteiger partial charge in [0.15, 0.2) is 6.61 Å². The maximum atomic E-state index is 13.1. The molecule has 2 aliphatic rings. The first-order valence-corrected chi connectivity index (χ1v) is 11.1. The minimum Gasteiger partial charge on any atom is -0.452 e. The van der Waals surface area contributed by atoms with Crippen molar-refractivity contribution in [3.05, 3.63) is 46.3 Å². The largest absolute Gasteiger partial charge is 0.452 e. The summed E-state index contributed by atoms with van der Waals surface area (Å²) in [6.07, 6.45) is 11.1. The lowest BCUT2D eigenvalue weighted by Gasteiger charge is -2.41. The van der Waals surface area contributed by atoms with Crippen molar-refractivity contribution in [3.8, 4) is 0 Å². The number of benzene rings is 1. The van der Waals surface area contributed by atoms with Crippen LogP contribution in [0.15, 0.2) is 39.5 Å². The van der Waals surface area contributed by atoms with Crippen LogP contribution >= 0.6 is 0 Å². The Kier molecular flexibility index (Phi) is 6.50. The molecule has 1 heterocycles. The number of fused-ring (bicyclic) bond motifs is 1. The van der Waals surface area contributed by atoms with E-state index in [1.807, 2.05) is 4.90 Å². The van der Waals surface area contributed by atoms with Crippen molar-refractivity contribution in [1.29, 1.82) is 0 Å². The summed E-state index contributed by atoms with van der Waals surface area (Å²) in [7, 11) is 0. The number of carbonyl (C=O) groups excluding carboxylic acids is 2. The predicted molar refractivity (Wildman–Crippen MR) is 113 cm³/mol. The zero-order valence-electron chi connectivity index (χ0n) is 17.3. The number of rotatable bonds is 5. The van der Waals surface area contributed by atoms with Gasteiger partial charge in [-0.2, -0.15) is 0 Å². The number of amides is 1. The molecule has 4 rings (SSSR count). The van der Waals surface area contributed by atoms with Crippen LogP contribution in [-0.4, -0.2) is 35.5 Å². The quantitative estimate of drug-likeness (QED) is 0.537. The zero-order valence-corrected chi connectivity index (χ0v) is 17.3. The predicted octanol–water partition coefficient (Wildman–Crippen LogP) is 4.44. The number of hydrogen-bond acceptors (Lipinski definition) is 5. The minimum absolute atomic E-state index is 0.146. The van der Waals surface area contributed by atoms with E-state index >= 15 is 0 Å². The topological polar surface area (TPSA) is 76.8 Å². The van der Waals surface area contributed by atoms with E-state index in [2.05, 4.69) is 0 Å². The van der Waals surface area contributed by atoms with Gasteiger partial charge in [0.1, 0.15) is 11.1 Å². The zero-order chi connectivity index (χ0) is 20.9. The second kappa shape index (κ2) is 9.45. The van der Waals surface area contributed by atoms with Crippen LogP contribution in [0.4, 0.5) is 0 Å². The molecule has 1 amide bonds. The number of hydrogen-bond donors (Lipinski definition) is 0. The van der Waals surface area contributed by atoms with Gasteiger partial charge in [0, 0.05) is 17.5 Å². The van der Waals surface area contributed by atoms with E-state index in [0.717, 1.165) is 51.4 Å². The molecule has 0 spiro atoms. The van der Waals surface area contributed by atoms with Gasteiger partial charge in [-0.25, -0.2) is 9.59 Å². The van der Waals surface area contributed by atoms with Crippen LogP contribution < -0.4 is 5.63 Å². The molecule has 2 saturated carbocycles. The molecule has 0 saturated heterocycles. The van der Waals surface area contributed by atoms with Gasteiger partial charge in [-0.1, -0.05) is 56.7 Å². The Morgan fingerprint density at radius 1 is 0.933 bits per heavy atom. The third-order valence-corrected chi connectivity index (χ3v) is 6.41. The van der Waals surface area contributed by atoms with Crippen LogP contribution in [0, 0.1) is 0 Å². The number of nitrogens with zero attached hydrogens (tertiary/aromatic N) is 1. The van der Waals surface area contributed by atoms with Crippen molar-refractivity contribution in [2.45, 2.75) is 76.3 Å². The van der Waals surface area contributed by atoms with Crippen molar-refractivity contribution < 1.29 is 18.7 Å². The molecular weight excluding hydrogens is 382 g/mol. The lowest BCUT2D eigenvalue weighted by Crippen LogP contribution is -2.50. The average molecular weight is 411 g/mol. The van der Waals surface area contributed by atoms with Crippen LogP contribution in [0.3, 0.4) is 0 Å². The molecule has 6 heteroatoms. The summed E-state index contributed by atoms with van der Waals surface area (Å²) in [5.74, 6) is -0.956. The molecule has 2 fully saturated rings. The molecule has 0 unspecified atom stereocenters. The normalized spacial score (nSPS) is 18.3. The summed E-state index contributed by atoms with van der Waals surface area (Å²) >= 11 is 0. The van der Waals surface area contributed by atoms with Crippen LogP contribution in [0.5, 0.6) is 0 Å². The number of carbonyl (C=O) groups is 2. The molecule has 1 aromatic carbocycles. The standard InChI is InChI=1S/C24H29NO5/c26-22(25(18-10-3-1-4-11-18)19-12-5-2-6-13-19)16-29-23(27)20-15-17-9-7-8-14-21(17)30-24(20)28/h7-9,14-15,18-19H,1-6,10-13,16H2. The first-order chi connectivity index (χ1) is 14.6. The molecule has 0 N–H and O–H groups in total. The van der Waals surface area contributed by atoms with Crippen molar-refractivity contribution in [3.63, 3.8) is 0 Å². The van der Waals surface area contributed by atoms with Gasteiger partial charge in [-0.15, -0.1) is 0 Å². The SMILES string of the molecule is O=C(OCC(=O)N(C1CCCCC1)C1CCCCC1)c1cc2ccccc2oc1=O. The Hall–Kier alpha value is -2.63. The average Bonchev–Trinajstić information content (AvgIpc) is 2.78. The van der Waals surface area contributed by atoms with Crippen LogP contribution in [0.1, 0.15) is 74.6 Å². The smallest absolute Gasteiger partial charge is 0.351 e. The highest BCUT2D eigenvalue weighted by Crippen LogP contribution is 2.30. The van der Waals surface area contributed by atoms with Gasteiger partial charge < -0.3 is 14.1 Å². The van der Waals surface area contributed by atoms with Crippen LogP contribution in [0.25, 0.3) is 11.0 Å². The fraction of sp³-hybridized carbons (Fsp3) is 0.542. The number of esters is 1. The molecule has 0 radical (unpaired) electrons. The van der Waals surface area contributed by atoms with Crippen molar-refractivity contribution in [2.75, 3.05) is 6.61 Å². The summed E-state index contributed by atoms with van der Waals surface area (Å²) in [6.45, 7) is -0.335. The Morgan fingerprint density at radius 3 is 2.17 bits per heavy atom. The van der Waals surface area contributed by atoms with E-state index in [1.165, 1.54) is 18.9 Å². The van der Waals surface area contributed by atoms with E-state index < -0.39 is 11.6 Å². The highest BCUT2D eigenvalue weighted by atomic mass is 16.5. The second-order valence-corrected chi connectivity index (χ2v) is 8.45. The number of para-hydroxylation sites is 1. The van der Waals surface area contributed by atoms with E-state index in [4.69, 9.17) is 9.15 Å². The fourth-order valence-corrected chi connectivity index (χ4v) is 4.91. The van der Waals surface area contributed by atoms with Gasteiger partial charge >= 0.3 is 11.6 Å². The Labute approximate surface area is 176 Å². The maximum Gasteiger partial charge on any atom is 0.351 e. The molecular formula is C24H29NO5. The number of ether oxygens (including phenoxy) is 1. The summed E-state index contributed by atoms with van der Waals surface area (Å²) in [6, 6.07) is 8.92. The molecule has 2 aliphatic carbocycles. The van der Waals surface area contributed by atoms with Gasteiger partial charge in [-0.05, 0) is 37.8 Å². The summed E-state index contributed by atoms with van der Waals surface area (Å²) in [5, 5.41) is 0.640. The van der Waals surface area contributed by atoms with Crippen molar-refractivity contribution >= 4 is 22.8 Å². The van der Waals surface area contributed by atoms with Crippen molar-refractivity contribution in [2.24, 2.45) is 0 Å². The molecule has 0 atom stereocenters. The summed E-state index contributed by atoms with van der Waals surface area (Å²) < 4.78 is 10.5. The van der Waals surface area contributed by atoms with E-state index in [9.17, 15) is 14.4 Å². The molecule has 160 valence electrons. The first-order valence-electron chi connectivity index (χ1n) is 11.1. The van der Waals surface area contributed by atoms with Gasteiger partial charge in [-0.3, -0.25) is 4.79 Å². The second-order valence-electron chi connectivity index (χ2n) is 8.45. The van der Waals surface area contributed by atoms with E-state index in [1.54, 1.807) is 24.3 Å². The first kappa shape index (κ1) is 20.6. The van der Waals surface area contributed by atoms with E-state index in [-0.39, 0.29) is 30.2 Å². The Bertz CT molecular complexity index is 935. The lowest BCUT2D eigenvalue weighted by atomic mass is 9.88. The Morgan fingerprint density at radius 2 is 1.53 bits per heavy atom. The van der Waals surface area contributed by atoms with Gasteiger partial charge in [0.2, 0.25) is 0 Å². The molecule has 6 nitrogen and oxygen atoms in total. The third-order valence-electron chi connectivity index (χ3n) is 6.41. The minimum atomic E-state index is -0.810.